The minimum atomic E-state index is -5.71. The molecule has 1 amide bonds. The number of nitrogens with one attached hydrogen (secondary N) is 1. The van der Waals surface area contributed by atoms with Crippen molar-refractivity contribution in [3.63, 3.8) is 0 Å². The Labute approximate surface area is 246 Å². The summed E-state index contributed by atoms with van der Waals surface area (Å²) < 4.78 is 90.8. The van der Waals surface area contributed by atoms with Gasteiger partial charge in [0.15, 0.2) is 0 Å². The number of hydrogen-bond donors (Lipinski definition) is 1. The van der Waals surface area contributed by atoms with Crippen molar-refractivity contribution in [2.24, 2.45) is 5.92 Å². The van der Waals surface area contributed by atoms with E-state index in [2.05, 4.69) is 14.8 Å². The second kappa shape index (κ2) is 13.5. The molecule has 0 atom stereocenters. The summed E-state index contributed by atoms with van der Waals surface area (Å²) in [6, 6.07) is 6.71. The van der Waals surface area contributed by atoms with Gasteiger partial charge in [-0.15, -0.1) is 0 Å². The maximum absolute atomic E-state index is 15.0. The Kier molecular flexibility index (Phi) is 10.5. The third-order valence-corrected chi connectivity index (χ3v) is 6.51. The number of aromatic nitrogens is 2. The smallest absolute Gasteiger partial charge is 0.476 e. The molecule has 0 saturated heterocycles. The van der Waals surface area contributed by atoms with E-state index in [-0.39, 0.29) is 28.3 Å². The number of benzene rings is 1. The first-order chi connectivity index (χ1) is 19.6. The number of halogens is 6. The fourth-order valence-corrected chi connectivity index (χ4v) is 4.21. The molecule has 3 aromatic rings. The lowest BCUT2D eigenvalue weighted by atomic mass is 10.2. The highest BCUT2D eigenvalue weighted by Crippen LogP contribution is 2.35. The molecule has 0 radical (unpaired) electrons. The molecule has 3 rings (SSSR count). The van der Waals surface area contributed by atoms with E-state index in [0.717, 1.165) is 0 Å². The lowest BCUT2D eigenvalue weighted by Crippen LogP contribution is -2.47. The fourth-order valence-electron chi connectivity index (χ4n) is 2.86. The molecule has 2 heterocycles. The van der Waals surface area contributed by atoms with Gasteiger partial charge in [0.25, 0.3) is 0 Å². The van der Waals surface area contributed by atoms with E-state index in [1.165, 1.54) is 36.7 Å². The molecular weight excluding hydrogens is 635 g/mol. The van der Waals surface area contributed by atoms with E-state index in [9.17, 15) is 31.2 Å². The van der Waals surface area contributed by atoms with Crippen LogP contribution < -0.4 is 14.2 Å². The van der Waals surface area contributed by atoms with Gasteiger partial charge < -0.3 is 14.3 Å². The average Bonchev–Trinajstić information content (AvgIpc) is 2.91. The van der Waals surface area contributed by atoms with Gasteiger partial charge in [0.2, 0.25) is 5.88 Å². The highest BCUT2D eigenvalue weighted by atomic mass is 35.5. The van der Waals surface area contributed by atoms with Crippen LogP contribution in [0.1, 0.15) is 29.9 Å². The molecule has 11 nitrogen and oxygen atoms in total. The molecule has 1 N–H and O–H groups in total. The van der Waals surface area contributed by atoms with Crippen LogP contribution in [0.15, 0.2) is 48.8 Å². The summed E-state index contributed by atoms with van der Waals surface area (Å²) in [6.07, 6.45) is -3.25. The van der Waals surface area contributed by atoms with Crippen LogP contribution >= 0.6 is 23.2 Å². The van der Waals surface area contributed by atoms with Crippen molar-refractivity contribution in [1.29, 1.82) is 0 Å². The van der Waals surface area contributed by atoms with E-state index in [1.807, 2.05) is 13.8 Å². The topological polar surface area (TPSA) is 137 Å². The summed E-state index contributed by atoms with van der Waals surface area (Å²) in [5, 5.41) is -0.445. The molecule has 0 bridgehead atoms. The van der Waals surface area contributed by atoms with Crippen LogP contribution in [0.5, 0.6) is 17.4 Å². The normalized spacial score (nSPS) is 11.7. The number of nitrogens with zero attached hydrogens (tertiary/aromatic N) is 3. The summed E-state index contributed by atoms with van der Waals surface area (Å²) in [4.78, 5) is 36.1. The van der Waals surface area contributed by atoms with Gasteiger partial charge in [-0.3, -0.25) is 9.78 Å². The van der Waals surface area contributed by atoms with Gasteiger partial charge in [-0.05, 0) is 28.6 Å². The van der Waals surface area contributed by atoms with Crippen LogP contribution in [0, 0.1) is 11.7 Å². The van der Waals surface area contributed by atoms with Crippen LogP contribution in [-0.2, 0) is 26.4 Å². The van der Waals surface area contributed by atoms with E-state index in [4.69, 9.17) is 32.7 Å². The average molecular weight is 655 g/mol. The minimum Gasteiger partial charge on any atom is -0.476 e. The zero-order valence-electron chi connectivity index (χ0n) is 21.5. The van der Waals surface area contributed by atoms with Gasteiger partial charge in [0, 0.05) is 18.3 Å². The van der Waals surface area contributed by atoms with Crippen molar-refractivity contribution in [2.75, 3.05) is 6.61 Å². The standard InChI is InChI=1S/C24H20Cl2F4N4O7S/c1-13(2)12-39-21-18(26)7-15(11-32-21)40-20-9-19(27)16(8-17(20)25)22(35)34(41-23(36)24(28,29)30)42(37,38)33-10-14-5-3-4-6-31-14/h3-9,11,13,33H,10,12H2,1-2H3. The fraction of sp³-hybridized carbons (Fsp3) is 0.250. The molecule has 0 fully saturated rings. The quantitative estimate of drug-likeness (QED) is 0.230. The first kappa shape index (κ1) is 32.8. The third-order valence-electron chi connectivity index (χ3n) is 4.76. The number of carbonyl (C=O) groups is 2. The van der Waals surface area contributed by atoms with Gasteiger partial charge in [-0.1, -0.05) is 43.1 Å². The lowest BCUT2D eigenvalue weighted by molar-refractivity contribution is -0.217. The molecule has 0 aliphatic rings. The third kappa shape index (κ3) is 8.64. The molecule has 0 spiro atoms. The maximum Gasteiger partial charge on any atom is 0.493 e. The van der Waals surface area contributed by atoms with Gasteiger partial charge >= 0.3 is 28.3 Å². The highest BCUT2D eigenvalue weighted by Gasteiger charge is 2.46. The number of ether oxygens (including phenoxy) is 2. The molecule has 0 saturated carbocycles. The number of rotatable bonds is 10. The summed E-state index contributed by atoms with van der Waals surface area (Å²) in [5.74, 6) is -6.76. The monoisotopic (exact) mass is 654 g/mol. The lowest BCUT2D eigenvalue weighted by Gasteiger charge is -2.22. The summed E-state index contributed by atoms with van der Waals surface area (Å²) in [7, 11) is -5.36. The molecule has 0 aliphatic heterocycles. The Bertz CT molecular complexity index is 1560. The van der Waals surface area contributed by atoms with Gasteiger partial charge in [0.05, 0.1) is 35.6 Å². The Hall–Kier alpha value is -3.73. The number of carbonyl (C=O) groups excluding carboxylic acids is 2. The van der Waals surface area contributed by atoms with Crippen molar-refractivity contribution < 1.29 is 49.9 Å². The zero-order valence-corrected chi connectivity index (χ0v) is 23.8. The SMILES string of the molecule is CC(C)COc1ncc(Oc2cc(F)c(C(=O)N(OC(=O)C(F)(F)F)S(=O)(=O)NCc3ccccn3)cc2Cl)cc1Cl. The Morgan fingerprint density at radius 2 is 1.81 bits per heavy atom. The molecule has 0 aliphatic carbocycles. The van der Waals surface area contributed by atoms with Crippen molar-refractivity contribution in [3.8, 4) is 17.4 Å². The first-order valence-electron chi connectivity index (χ1n) is 11.6. The van der Waals surface area contributed by atoms with Crippen molar-refractivity contribution in [1.82, 2.24) is 19.2 Å². The largest absolute Gasteiger partial charge is 0.493 e. The number of hydroxylamine groups is 1. The van der Waals surface area contributed by atoms with E-state index in [1.54, 1.807) is 4.72 Å². The van der Waals surface area contributed by atoms with Gasteiger partial charge in [-0.2, -0.15) is 26.3 Å². The van der Waals surface area contributed by atoms with E-state index >= 15 is 4.39 Å². The summed E-state index contributed by atoms with van der Waals surface area (Å²) in [6.45, 7) is 3.50. The molecule has 1 aromatic carbocycles. The number of alkyl halides is 3. The Morgan fingerprint density at radius 1 is 1.10 bits per heavy atom. The second-order valence-electron chi connectivity index (χ2n) is 8.58. The van der Waals surface area contributed by atoms with Crippen LogP contribution in [0.4, 0.5) is 17.6 Å². The van der Waals surface area contributed by atoms with Gasteiger partial charge in [-0.25, -0.2) is 14.2 Å². The molecule has 18 heteroatoms. The minimum absolute atomic E-state index is 0.0423. The molecule has 42 heavy (non-hydrogen) atoms. The summed E-state index contributed by atoms with van der Waals surface area (Å²) >= 11 is 12.2. The number of hydrogen-bond acceptors (Lipinski definition) is 9. The van der Waals surface area contributed by atoms with Crippen molar-refractivity contribution in [2.45, 2.75) is 26.6 Å². The highest BCUT2D eigenvalue weighted by molar-refractivity contribution is 7.87. The van der Waals surface area contributed by atoms with E-state index < -0.39 is 61.4 Å². The van der Waals surface area contributed by atoms with E-state index in [0.29, 0.717) is 18.7 Å². The van der Waals surface area contributed by atoms with Crippen LogP contribution in [0.25, 0.3) is 0 Å². The van der Waals surface area contributed by atoms with Gasteiger partial charge in [0.1, 0.15) is 22.3 Å². The predicted octanol–water partition coefficient (Wildman–Crippen LogP) is 5.25. The van der Waals surface area contributed by atoms with Crippen LogP contribution in [0.3, 0.4) is 0 Å². The van der Waals surface area contributed by atoms with Crippen molar-refractivity contribution >= 4 is 45.3 Å². The molecule has 0 unspecified atom stereocenters. The molecular formula is C24H20Cl2F4N4O7S. The van der Waals surface area contributed by atoms with Crippen LogP contribution in [0.2, 0.25) is 10.0 Å². The van der Waals surface area contributed by atoms with Crippen molar-refractivity contribution in [3.05, 3.63) is 75.9 Å². The maximum atomic E-state index is 15.0. The Balaban J connectivity index is 1.89. The molecule has 226 valence electrons. The second-order valence-corrected chi connectivity index (χ2v) is 11.0. The van der Waals surface area contributed by atoms with Crippen LogP contribution in [-0.4, -0.2) is 47.5 Å². The zero-order chi connectivity index (χ0) is 31.2. The molecule has 2 aromatic heterocycles. The first-order valence-corrected chi connectivity index (χ1v) is 13.8. The predicted molar refractivity (Wildman–Crippen MR) is 139 cm³/mol. The number of pyridine rings is 2. The number of amides is 1. The Morgan fingerprint density at radius 3 is 2.40 bits per heavy atom. The summed E-state index contributed by atoms with van der Waals surface area (Å²) in [5.41, 5.74) is -1.10.